The fourth-order valence-electron chi connectivity index (χ4n) is 3.08. The molecule has 0 aliphatic carbocycles. The average molecular weight is 275 g/mol. The number of rotatable bonds is 1. The van der Waals surface area contributed by atoms with E-state index in [1.807, 2.05) is 12.4 Å². The highest BCUT2D eigenvalue weighted by Gasteiger charge is 2.30. The van der Waals surface area contributed by atoms with Crippen LogP contribution in [-0.4, -0.2) is 23.0 Å². The molecule has 3 aliphatic rings. The number of aromatic nitrogens is 1. The van der Waals surface area contributed by atoms with Gasteiger partial charge < -0.3 is 0 Å². The third kappa shape index (κ3) is 3.12. The third-order valence-corrected chi connectivity index (χ3v) is 4.01. The molecule has 1 aromatic heterocycles. The maximum atomic E-state index is 4.25. The first kappa shape index (κ1) is 14.7. The van der Waals surface area contributed by atoms with Gasteiger partial charge in [-0.1, -0.05) is 6.07 Å². The smallest absolute Gasteiger partial charge is 0.0363 e. The second kappa shape index (κ2) is 6.58. The van der Waals surface area contributed by atoms with Crippen LogP contribution in [-0.2, 0) is 0 Å². The summed E-state index contributed by atoms with van der Waals surface area (Å²) in [5.41, 5.74) is 1.42. The largest absolute Gasteiger partial charge is 0.296 e. The molecule has 2 nitrogen and oxygen atoms in total. The summed E-state index contributed by atoms with van der Waals surface area (Å²) in [4.78, 5) is 6.90. The van der Waals surface area contributed by atoms with E-state index in [2.05, 4.69) is 22.0 Å². The first-order valence-corrected chi connectivity index (χ1v) is 6.07. The maximum absolute atomic E-state index is 4.25. The maximum Gasteiger partial charge on any atom is 0.0363 e. The molecule has 96 valence electrons. The van der Waals surface area contributed by atoms with Gasteiger partial charge in [-0.15, -0.1) is 24.8 Å². The molecule has 1 aromatic rings. The molecule has 4 heteroatoms. The molecule has 0 N–H and O–H groups in total. The van der Waals surface area contributed by atoms with Gasteiger partial charge in [0.25, 0.3) is 0 Å². The topological polar surface area (TPSA) is 16.1 Å². The second-order valence-electron chi connectivity index (χ2n) is 4.86. The van der Waals surface area contributed by atoms with Crippen LogP contribution in [0.4, 0.5) is 0 Å². The Bertz CT molecular complexity index is 323. The first-order valence-electron chi connectivity index (χ1n) is 6.07. The molecule has 2 bridgehead atoms. The van der Waals surface area contributed by atoms with Crippen LogP contribution in [0, 0.1) is 5.92 Å². The minimum Gasteiger partial charge on any atom is -0.296 e. The molecule has 1 unspecified atom stereocenters. The van der Waals surface area contributed by atoms with Gasteiger partial charge in [-0.05, 0) is 56.3 Å². The van der Waals surface area contributed by atoms with Crippen LogP contribution in [0.3, 0.4) is 0 Å². The lowest BCUT2D eigenvalue weighted by atomic mass is 9.95. The van der Waals surface area contributed by atoms with Crippen molar-refractivity contribution < 1.29 is 0 Å². The van der Waals surface area contributed by atoms with Crippen molar-refractivity contribution in [2.45, 2.75) is 31.7 Å². The molecule has 4 heterocycles. The molecule has 17 heavy (non-hydrogen) atoms. The minimum absolute atomic E-state index is 0. The van der Waals surface area contributed by atoms with Gasteiger partial charge in [0, 0.05) is 18.4 Å². The SMILES string of the molecule is Cl.Cl.c1cncc(C2CCC3CCN2CC3)c1. The van der Waals surface area contributed by atoms with E-state index in [4.69, 9.17) is 0 Å². The number of fused-ring (bicyclic) bond motifs is 4. The Morgan fingerprint density at radius 2 is 1.82 bits per heavy atom. The Morgan fingerprint density at radius 1 is 1.06 bits per heavy atom. The fraction of sp³-hybridized carbons (Fsp3) is 0.615. The van der Waals surface area contributed by atoms with Crippen molar-refractivity contribution in [1.29, 1.82) is 0 Å². The predicted molar refractivity (Wildman–Crippen MR) is 75.0 cm³/mol. The van der Waals surface area contributed by atoms with Gasteiger partial charge in [-0.2, -0.15) is 0 Å². The monoisotopic (exact) mass is 274 g/mol. The van der Waals surface area contributed by atoms with Gasteiger partial charge in [-0.25, -0.2) is 0 Å². The molecule has 4 rings (SSSR count). The highest BCUT2D eigenvalue weighted by atomic mass is 35.5. The molecule has 0 spiro atoms. The summed E-state index contributed by atoms with van der Waals surface area (Å²) in [5.74, 6) is 1.00. The number of halogens is 2. The summed E-state index contributed by atoms with van der Waals surface area (Å²) >= 11 is 0. The molecule has 1 atom stereocenters. The Kier molecular flexibility index (Phi) is 5.71. The van der Waals surface area contributed by atoms with E-state index in [-0.39, 0.29) is 24.8 Å². The van der Waals surface area contributed by atoms with E-state index >= 15 is 0 Å². The lowest BCUT2D eigenvalue weighted by molar-refractivity contribution is 0.170. The number of hydrogen-bond donors (Lipinski definition) is 0. The Labute approximate surface area is 116 Å². The normalized spacial score (nSPS) is 30.9. The summed E-state index contributed by atoms with van der Waals surface area (Å²) in [5, 5.41) is 0. The summed E-state index contributed by atoms with van der Waals surface area (Å²) < 4.78 is 0. The summed E-state index contributed by atoms with van der Waals surface area (Å²) in [6.07, 6.45) is 9.48. The predicted octanol–water partition coefficient (Wildman–Crippen LogP) is 3.47. The molecule has 0 aromatic carbocycles. The van der Waals surface area contributed by atoms with Crippen molar-refractivity contribution in [2.24, 2.45) is 5.92 Å². The van der Waals surface area contributed by atoms with Gasteiger partial charge in [-0.3, -0.25) is 9.88 Å². The molecular weight excluding hydrogens is 255 g/mol. The zero-order valence-corrected chi connectivity index (χ0v) is 11.6. The lowest BCUT2D eigenvalue weighted by Crippen LogP contribution is -2.33. The van der Waals surface area contributed by atoms with E-state index in [1.165, 1.54) is 44.3 Å². The van der Waals surface area contributed by atoms with E-state index in [0.717, 1.165) is 5.92 Å². The summed E-state index contributed by atoms with van der Waals surface area (Å²) in [6, 6.07) is 4.94. The van der Waals surface area contributed by atoms with Crippen LogP contribution in [0.15, 0.2) is 24.5 Å². The average Bonchev–Trinajstić information content (AvgIpc) is 2.63. The summed E-state index contributed by atoms with van der Waals surface area (Å²) in [7, 11) is 0. The molecule has 0 saturated carbocycles. The number of hydrogen-bond acceptors (Lipinski definition) is 2. The van der Waals surface area contributed by atoms with Gasteiger partial charge in [0.1, 0.15) is 0 Å². The van der Waals surface area contributed by atoms with Crippen LogP contribution in [0.2, 0.25) is 0 Å². The second-order valence-corrected chi connectivity index (χ2v) is 4.86. The fourth-order valence-corrected chi connectivity index (χ4v) is 3.08. The number of piperidine rings is 1. The van der Waals surface area contributed by atoms with Crippen molar-refractivity contribution in [3.63, 3.8) is 0 Å². The van der Waals surface area contributed by atoms with Crippen LogP contribution in [0.1, 0.15) is 37.3 Å². The Hall–Kier alpha value is -0.310. The molecule has 3 fully saturated rings. The Balaban J connectivity index is 0.000000722. The van der Waals surface area contributed by atoms with Crippen molar-refractivity contribution >= 4 is 24.8 Å². The zero-order valence-electron chi connectivity index (χ0n) is 9.92. The standard InChI is InChI=1S/C13H18N2.2ClH/c1-2-12(10-14-7-1)13-4-3-11-5-8-15(13)9-6-11;;/h1-2,7,10-11,13H,3-6,8-9H2;2*1H. The van der Waals surface area contributed by atoms with Gasteiger partial charge >= 0.3 is 0 Å². The molecule has 3 saturated heterocycles. The lowest BCUT2D eigenvalue weighted by Gasteiger charge is -2.32. The van der Waals surface area contributed by atoms with Crippen LogP contribution in [0.25, 0.3) is 0 Å². The van der Waals surface area contributed by atoms with Crippen LogP contribution in [0.5, 0.6) is 0 Å². The minimum atomic E-state index is 0. The van der Waals surface area contributed by atoms with Crippen molar-refractivity contribution in [1.82, 2.24) is 9.88 Å². The zero-order chi connectivity index (χ0) is 10.1. The molecular formula is C13H20Cl2N2. The third-order valence-electron chi connectivity index (χ3n) is 4.01. The van der Waals surface area contributed by atoms with Gasteiger partial charge in [0.05, 0.1) is 0 Å². The van der Waals surface area contributed by atoms with E-state index in [0.29, 0.717) is 6.04 Å². The molecule has 3 aliphatic heterocycles. The quantitative estimate of drug-likeness (QED) is 0.780. The molecule has 0 radical (unpaired) electrons. The van der Waals surface area contributed by atoms with Crippen LogP contribution >= 0.6 is 24.8 Å². The highest BCUT2D eigenvalue weighted by molar-refractivity contribution is 5.85. The Morgan fingerprint density at radius 3 is 2.47 bits per heavy atom. The molecule has 0 amide bonds. The van der Waals surface area contributed by atoms with Crippen molar-refractivity contribution in [2.75, 3.05) is 13.1 Å². The van der Waals surface area contributed by atoms with Gasteiger partial charge in [0.15, 0.2) is 0 Å². The summed E-state index contributed by atoms with van der Waals surface area (Å²) in [6.45, 7) is 2.59. The van der Waals surface area contributed by atoms with E-state index < -0.39 is 0 Å². The van der Waals surface area contributed by atoms with Crippen molar-refractivity contribution in [3.8, 4) is 0 Å². The van der Waals surface area contributed by atoms with E-state index in [9.17, 15) is 0 Å². The van der Waals surface area contributed by atoms with Crippen LogP contribution < -0.4 is 0 Å². The number of pyridine rings is 1. The van der Waals surface area contributed by atoms with E-state index in [1.54, 1.807) is 0 Å². The van der Waals surface area contributed by atoms with Gasteiger partial charge in [0.2, 0.25) is 0 Å². The highest BCUT2D eigenvalue weighted by Crippen LogP contribution is 2.37. The first-order chi connectivity index (χ1) is 7.43. The van der Waals surface area contributed by atoms with Crippen molar-refractivity contribution in [3.05, 3.63) is 30.1 Å². The number of nitrogens with zero attached hydrogens (tertiary/aromatic N) is 2.